The van der Waals surface area contributed by atoms with E-state index >= 15 is 0 Å². The molecule has 1 aliphatic heterocycles. The SMILES string of the molecule is CN1CC(O)CC(C(=O)O)C1. The minimum atomic E-state index is -0.810. The average Bonchev–Trinajstić information content (AvgIpc) is 1.85. The van der Waals surface area contributed by atoms with Crippen LogP contribution in [0.25, 0.3) is 0 Å². The van der Waals surface area contributed by atoms with E-state index in [1.807, 2.05) is 11.9 Å². The molecule has 0 saturated carbocycles. The number of β-amino-alcohol motifs (C(OH)–C–C–N with tert-alkyl or cyclic N) is 1. The summed E-state index contributed by atoms with van der Waals surface area (Å²) in [5.41, 5.74) is 0. The van der Waals surface area contributed by atoms with E-state index in [9.17, 15) is 9.90 Å². The van der Waals surface area contributed by atoms with Crippen LogP contribution in [0.4, 0.5) is 0 Å². The minimum absolute atomic E-state index is 0.389. The molecule has 0 aromatic carbocycles. The number of likely N-dealkylation sites (N-methyl/N-ethyl adjacent to an activating group) is 1. The third-order valence-corrected chi connectivity index (χ3v) is 1.96. The first kappa shape index (κ1) is 8.49. The van der Waals surface area contributed by atoms with Gasteiger partial charge in [-0.15, -0.1) is 0 Å². The van der Waals surface area contributed by atoms with Crippen molar-refractivity contribution in [1.82, 2.24) is 4.90 Å². The number of hydrogen-bond donors (Lipinski definition) is 2. The molecule has 0 aromatic rings. The Kier molecular flexibility index (Phi) is 2.46. The monoisotopic (exact) mass is 159 g/mol. The molecule has 4 heteroatoms. The van der Waals surface area contributed by atoms with Crippen LogP contribution in [-0.2, 0) is 4.79 Å². The first-order valence-corrected chi connectivity index (χ1v) is 3.69. The highest BCUT2D eigenvalue weighted by Gasteiger charge is 2.28. The Labute approximate surface area is 65.4 Å². The van der Waals surface area contributed by atoms with E-state index in [2.05, 4.69) is 0 Å². The molecule has 0 aliphatic carbocycles. The van der Waals surface area contributed by atoms with Gasteiger partial charge in [-0.05, 0) is 13.5 Å². The molecule has 2 unspecified atom stereocenters. The smallest absolute Gasteiger partial charge is 0.307 e. The molecule has 2 N–H and O–H groups in total. The fourth-order valence-corrected chi connectivity index (χ4v) is 1.47. The summed E-state index contributed by atoms with van der Waals surface area (Å²) >= 11 is 0. The maximum atomic E-state index is 10.5. The van der Waals surface area contributed by atoms with Crippen LogP contribution in [0, 0.1) is 5.92 Å². The molecule has 0 aromatic heterocycles. The number of aliphatic carboxylic acids is 1. The molecule has 0 radical (unpaired) electrons. The van der Waals surface area contributed by atoms with Crippen LogP contribution in [-0.4, -0.2) is 47.3 Å². The Morgan fingerprint density at radius 2 is 2.18 bits per heavy atom. The van der Waals surface area contributed by atoms with Crippen molar-refractivity contribution in [2.45, 2.75) is 12.5 Å². The number of likely N-dealkylation sites (tertiary alicyclic amines) is 1. The second-order valence-corrected chi connectivity index (χ2v) is 3.15. The first-order chi connectivity index (χ1) is 5.09. The molecule has 1 saturated heterocycles. The summed E-state index contributed by atoms with van der Waals surface area (Å²) in [6.07, 6.45) is -0.0884. The third kappa shape index (κ3) is 2.17. The number of piperidine rings is 1. The molecule has 0 spiro atoms. The van der Waals surface area contributed by atoms with Gasteiger partial charge in [-0.1, -0.05) is 0 Å². The molecule has 4 nitrogen and oxygen atoms in total. The number of aliphatic hydroxyl groups is 1. The van der Waals surface area contributed by atoms with E-state index in [0.29, 0.717) is 19.5 Å². The van der Waals surface area contributed by atoms with Gasteiger partial charge in [-0.25, -0.2) is 0 Å². The lowest BCUT2D eigenvalue weighted by molar-refractivity contribution is -0.145. The van der Waals surface area contributed by atoms with Gasteiger partial charge in [0.2, 0.25) is 0 Å². The number of carboxylic acid groups (broad SMARTS) is 1. The number of hydrogen-bond acceptors (Lipinski definition) is 3. The second-order valence-electron chi connectivity index (χ2n) is 3.15. The minimum Gasteiger partial charge on any atom is -0.481 e. The molecular formula is C7H13NO3. The molecule has 1 rings (SSSR count). The fourth-order valence-electron chi connectivity index (χ4n) is 1.47. The highest BCUT2D eigenvalue weighted by Crippen LogP contribution is 2.15. The summed E-state index contributed by atoms with van der Waals surface area (Å²) in [6, 6.07) is 0. The van der Waals surface area contributed by atoms with Gasteiger partial charge in [0.1, 0.15) is 0 Å². The van der Waals surface area contributed by atoms with E-state index in [1.54, 1.807) is 0 Å². The Hall–Kier alpha value is -0.610. The lowest BCUT2D eigenvalue weighted by atomic mass is 9.97. The first-order valence-electron chi connectivity index (χ1n) is 3.69. The molecule has 1 aliphatic rings. The molecule has 0 bridgehead atoms. The van der Waals surface area contributed by atoms with E-state index in [4.69, 9.17) is 5.11 Å². The van der Waals surface area contributed by atoms with Gasteiger partial charge >= 0.3 is 5.97 Å². The molecular weight excluding hydrogens is 146 g/mol. The van der Waals surface area contributed by atoms with Crippen molar-refractivity contribution < 1.29 is 15.0 Å². The van der Waals surface area contributed by atoms with Crippen molar-refractivity contribution in [3.8, 4) is 0 Å². The quantitative estimate of drug-likeness (QED) is 0.535. The predicted molar refractivity (Wildman–Crippen MR) is 39.2 cm³/mol. The van der Waals surface area contributed by atoms with Crippen LogP contribution in [0.1, 0.15) is 6.42 Å². The van der Waals surface area contributed by atoms with Crippen molar-refractivity contribution in [2.24, 2.45) is 5.92 Å². The highest BCUT2D eigenvalue weighted by atomic mass is 16.4. The zero-order chi connectivity index (χ0) is 8.43. The third-order valence-electron chi connectivity index (χ3n) is 1.96. The van der Waals surface area contributed by atoms with E-state index in [-0.39, 0.29) is 0 Å². The van der Waals surface area contributed by atoms with E-state index in [0.717, 1.165) is 0 Å². The van der Waals surface area contributed by atoms with Gasteiger partial charge in [-0.2, -0.15) is 0 Å². The van der Waals surface area contributed by atoms with E-state index in [1.165, 1.54) is 0 Å². The number of nitrogens with zero attached hydrogens (tertiary/aromatic N) is 1. The van der Waals surface area contributed by atoms with Crippen molar-refractivity contribution in [3.63, 3.8) is 0 Å². The predicted octanol–water partition coefficient (Wildman–Crippen LogP) is -0.616. The maximum absolute atomic E-state index is 10.5. The average molecular weight is 159 g/mol. The Morgan fingerprint density at radius 1 is 1.55 bits per heavy atom. The highest BCUT2D eigenvalue weighted by molar-refractivity contribution is 5.70. The molecule has 64 valence electrons. The van der Waals surface area contributed by atoms with Crippen LogP contribution in [0.3, 0.4) is 0 Å². The number of carboxylic acids is 1. The Bertz CT molecular complexity index is 150. The van der Waals surface area contributed by atoms with Crippen LogP contribution >= 0.6 is 0 Å². The van der Waals surface area contributed by atoms with Crippen molar-refractivity contribution in [1.29, 1.82) is 0 Å². The van der Waals surface area contributed by atoms with Gasteiger partial charge < -0.3 is 15.1 Å². The molecule has 0 amide bonds. The normalized spacial score (nSPS) is 33.6. The van der Waals surface area contributed by atoms with Gasteiger partial charge in [0.15, 0.2) is 0 Å². The van der Waals surface area contributed by atoms with Gasteiger partial charge in [0, 0.05) is 13.1 Å². The summed E-state index contributed by atoms with van der Waals surface area (Å²) < 4.78 is 0. The summed E-state index contributed by atoms with van der Waals surface area (Å²) in [6.45, 7) is 1.14. The zero-order valence-electron chi connectivity index (χ0n) is 6.53. The zero-order valence-corrected chi connectivity index (χ0v) is 6.53. The summed E-state index contributed by atoms with van der Waals surface area (Å²) in [5, 5.41) is 17.8. The van der Waals surface area contributed by atoms with E-state index < -0.39 is 18.0 Å². The summed E-state index contributed by atoms with van der Waals surface area (Å²) in [7, 11) is 1.82. The second kappa shape index (κ2) is 3.19. The lowest BCUT2D eigenvalue weighted by Gasteiger charge is -2.30. The maximum Gasteiger partial charge on any atom is 0.307 e. The summed E-state index contributed by atoms with van der Waals surface area (Å²) in [5.74, 6) is -1.21. The van der Waals surface area contributed by atoms with Gasteiger partial charge in [-0.3, -0.25) is 4.79 Å². The van der Waals surface area contributed by atoms with Crippen molar-refractivity contribution in [3.05, 3.63) is 0 Å². The number of aliphatic hydroxyl groups excluding tert-OH is 1. The Morgan fingerprint density at radius 3 is 2.64 bits per heavy atom. The summed E-state index contributed by atoms with van der Waals surface area (Å²) in [4.78, 5) is 12.3. The molecule has 1 heterocycles. The fraction of sp³-hybridized carbons (Fsp3) is 0.857. The van der Waals surface area contributed by atoms with Crippen molar-refractivity contribution >= 4 is 5.97 Å². The molecule has 2 atom stereocenters. The standard InChI is InChI=1S/C7H13NO3/c1-8-3-5(7(10)11)2-6(9)4-8/h5-6,9H,2-4H2,1H3,(H,10,11). The Balaban J connectivity index is 2.49. The van der Waals surface area contributed by atoms with Crippen LogP contribution in [0.2, 0.25) is 0 Å². The van der Waals surface area contributed by atoms with Crippen molar-refractivity contribution in [2.75, 3.05) is 20.1 Å². The largest absolute Gasteiger partial charge is 0.481 e. The van der Waals surface area contributed by atoms with Gasteiger partial charge in [0.25, 0.3) is 0 Å². The molecule has 1 fully saturated rings. The number of carbonyl (C=O) groups is 1. The topological polar surface area (TPSA) is 60.8 Å². The van der Waals surface area contributed by atoms with Gasteiger partial charge in [0.05, 0.1) is 12.0 Å². The number of rotatable bonds is 1. The lowest BCUT2D eigenvalue weighted by Crippen LogP contribution is -2.43. The van der Waals surface area contributed by atoms with Crippen LogP contribution in [0.15, 0.2) is 0 Å². The van der Waals surface area contributed by atoms with Crippen LogP contribution in [0.5, 0.6) is 0 Å². The van der Waals surface area contributed by atoms with Crippen LogP contribution < -0.4 is 0 Å². The molecule has 11 heavy (non-hydrogen) atoms.